The van der Waals surface area contributed by atoms with E-state index in [4.69, 9.17) is 4.74 Å². The minimum absolute atomic E-state index is 0. The molecule has 0 aliphatic rings. The summed E-state index contributed by atoms with van der Waals surface area (Å²) in [4.78, 5) is 11.5. The summed E-state index contributed by atoms with van der Waals surface area (Å²) in [5.74, 6) is -0.242. The molecule has 0 fully saturated rings. The molecule has 20 heavy (non-hydrogen) atoms. The van der Waals surface area contributed by atoms with Crippen LogP contribution in [0.15, 0.2) is 24.3 Å². The molecule has 0 bridgehead atoms. The van der Waals surface area contributed by atoms with Crippen molar-refractivity contribution in [3.63, 3.8) is 0 Å². The summed E-state index contributed by atoms with van der Waals surface area (Å²) in [5, 5.41) is 5.97. The highest BCUT2D eigenvalue weighted by Crippen LogP contribution is 2.05. The van der Waals surface area contributed by atoms with Gasteiger partial charge in [-0.15, -0.1) is 12.4 Å². The quantitative estimate of drug-likeness (QED) is 0.680. The Bertz CT molecular complexity index is 374. The molecule has 1 aromatic rings. The summed E-state index contributed by atoms with van der Waals surface area (Å²) in [7, 11) is 1.65. The van der Waals surface area contributed by atoms with E-state index in [0.29, 0.717) is 26.0 Å². The molecule has 0 saturated heterocycles. The van der Waals surface area contributed by atoms with E-state index in [-0.39, 0.29) is 24.1 Å². The summed E-state index contributed by atoms with van der Waals surface area (Å²) < 4.78 is 17.6. The predicted octanol–water partition coefficient (Wildman–Crippen LogP) is 1.53. The van der Waals surface area contributed by atoms with E-state index < -0.39 is 0 Å². The predicted molar refractivity (Wildman–Crippen MR) is 79.7 cm³/mol. The Labute approximate surface area is 125 Å². The number of hydrogen-bond acceptors (Lipinski definition) is 3. The topological polar surface area (TPSA) is 50.4 Å². The van der Waals surface area contributed by atoms with E-state index in [1.165, 1.54) is 12.1 Å². The number of methoxy groups -OCH3 is 1. The molecule has 0 radical (unpaired) electrons. The number of carbonyl (C=O) groups excluding carboxylic acids is 1. The fraction of sp³-hybridized carbons (Fsp3) is 0.500. The number of halogens is 2. The Morgan fingerprint density at radius 1 is 1.20 bits per heavy atom. The second kappa shape index (κ2) is 11.6. The van der Waals surface area contributed by atoms with Gasteiger partial charge >= 0.3 is 0 Å². The summed E-state index contributed by atoms with van der Waals surface area (Å²) in [6.07, 6.45) is 1.05. The number of ether oxygens (including phenoxy) is 1. The SMILES string of the molecule is COCCNCCNC(=O)CCc1ccc(F)cc1.Cl. The fourth-order valence-electron chi connectivity index (χ4n) is 1.59. The van der Waals surface area contributed by atoms with Gasteiger partial charge in [-0.25, -0.2) is 4.39 Å². The lowest BCUT2D eigenvalue weighted by Crippen LogP contribution is -2.33. The lowest BCUT2D eigenvalue weighted by Gasteiger charge is -2.06. The third-order valence-electron chi connectivity index (χ3n) is 2.66. The van der Waals surface area contributed by atoms with Crippen molar-refractivity contribution in [1.29, 1.82) is 0 Å². The summed E-state index contributed by atoms with van der Waals surface area (Å²) in [6.45, 7) is 2.78. The van der Waals surface area contributed by atoms with E-state index in [1.54, 1.807) is 19.2 Å². The minimum atomic E-state index is -0.254. The highest BCUT2D eigenvalue weighted by molar-refractivity contribution is 5.85. The Hall–Kier alpha value is -1.17. The van der Waals surface area contributed by atoms with Gasteiger partial charge in [-0.05, 0) is 24.1 Å². The second-order valence-corrected chi connectivity index (χ2v) is 4.22. The summed E-state index contributed by atoms with van der Waals surface area (Å²) in [5.41, 5.74) is 0.967. The molecule has 0 aliphatic heterocycles. The molecule has 0 heterocycles. The first kappa shape index (κ1) is 18.8. The Balaban J connectivity index is 0.00000361. The normalized spacial score (nSPS) is 9.90. The van der Waals surface area contributed by atoms with Crippen LogP contribution in [-0.2, 0) is 16.0 Å². The summed E-state index contributed by atoms with van der Waals surface area (Å²) >= 11 is 0. The van der Waals surface area contributed by atoms with Gasteiger partial charge < -0.3 is 15.4 Å². The van der Waals surface area contributed by atoms with Gasteiger partial charge in [0.2, 0.25) is 5.91 Å². The van der Waals surface area contributed by atoms with Crippen molar-refractivity contribution in [2.75, 3.05) is 33.4 Å². The second-order valence-electron chi connectivity index (χ2n) is 4.22. The molecule has 1 rings (SSSR count). The molecule has 114 valence electrons. The smallest absolute Gasteiger partial charge is 0.220 e. The third-order valence-corrected chi connectivity index (χ3v) is 2.66. The molecule has 1 amide bonds. The maximum absolute atomic E-state index is 12.7. The Morgan fingerprint density at radius 3 is 2.55 bits per heavy atom. The van der Waals surface area contributed by atoms with E-state index in [0.717, 1.165) is 18.7 Å². The monoisotopic (exact) mass is 304 g/mol. The van der Waals surface area contributed by atoms with Gasteiger partial charge in [0, 0.05) is 33.2 Å². The van der Waals surface area contributed by atoms with Crippen molar-refractivity contribution in [3.8, 4) is 0 Å². The minimum Gasteiger partial charge on any atom is -0.383 e. The van der Waals surface area contributed by atoms with Gasteiger partial charge in [0.1, 0.15) is 5.82 Å². The summed E-state index contributed by atoms with van der Waals surface area (Å²) in [6, 6.07) is 6.23. The van der Waals surface area contributed by atoms with Gasteiger partial charge in [-0.3, -0.25) is 4.79 Å². The molecule has 0 aliphatic carbocycles. The van der Waals surface area contributed by atoms with E-state index in [2.05, 4.69) is 10.6 Å². The largest absolute Gasteiger partial charge is 0.383 e. The number of rotatable bonds is 9. The van der Waals surface area contributed by atoms with Crippen LogP contribution in [0.5, 0.6) is 0 Å². The van der Waals surface area contributed by atoms with Crippen LogP contribution in [0.4, 0.5) is 4.39 Å². The van der Waals surface area contributed by atoms with Crippen LogP contribution in [0.3, 0.4) is 0 Å². The number of carbonyl (C=O) groups is 1. The van der Waals surface area contributed by atoms with Crippen molar-refractivity contribution in [3.05, 3.63) is 35.6 Å². The van der Waals surface area contributed by atoms with Crippen LogP contribution < -0.4 is 10.6 Å². The van der Waals surface area contributed by atoms with Gasteiger partial charge in [-0.2, -0.15) is 0 Å². The zero-order valence-corrected chi connectivity index (χ0v) is 12.5. The molecule has 0 aromatic heterocycles. The molecule has 4 nitrogen and oxygen atoms in total. The number of benzene rings is 1. The molecule has 0 saturated carbocycles. The molecule has 0 spiro atoms. The number of amides is 1. The van der Waals surface area contributed by atoms with Gasteiger partial charge in [-0.1, -0.05) is 12.1 Å². The molecular weight excluding hydrogens is 283 g/mol. The highest BCUT2D eigenvalue weighted by Gasteiger charge is 2.01. The van der Waals surface area contributed by atoms with Crippen LogP contribution in [0.25, 0.3) is 0 Å². The van der Waals surface area contributed by atoms with Crippen LogP contribution in [0, 0.1) is 5.82 Å². The maximum Gasteiger partial charge on any atom is 0.220 e. The van der Waals surface area contributed by atoms with Crippen molar-refractivity contribution in [1.82, 2.24) is 10.6 Å². The van der Waals surface area contributed by atoms with E-state index >= 15 is 0 Å². The van der Waals surface area contributed by atoms with E-state index in [1.807, 2.05) is 0 Å². The van der Waals surface area contributed by atoms with Crippen LogP contribution >= 0.6 is 12.4 Å². The van der Waals surface area contributed by atoms with Crippen LogP contribution in [0.2, 0.25) is 0 Å². The number of hydrogen-bond donors (Lipinski definition) is 2. The molecular formula is C14H22ClFN2O2. The molecule has 0 unspecified atom stereocenters. The molecule has 6 heteroatoms. The molecule has 0 atom stereocenters. The third kappa shape index (κ3) is 8.85. The lowest BCUT2D eigenvalue weighted by molar-refractivity contribution is -0.121. The highest BCUT2D eigenvalue weighted by atomic mass is 35.5. The first-order chi connectivity index (χ1) is 9.22. The average Bonchev–Trinajstić information content (AvgIpc) is 2.42. The number of aryl methyl sites for hydroxylation is 1. The Kier molecular flexibility index (Phi) is 11.0. The van der Waals surface area contributed by atoms with Gasteiger partial charge in [0.15, 0.2) is 0 Å². The lowest BCUT2D eigenvalue weighted by atomic mass is 10.1. The van der Waals surface area contributed by atoms with Gasteiger partial charge in [0.05, 0.1) is 6.61 Å². The molecule has 2 N–H and O–H groups in total. The van der Waals surface area contributed by atoms with Gasteiger partial charge in [0.25, 0.3) is 0 Å². The van der Waals surface area contributed by atoms with Crippen molar-refractivity contribution < 1.29 is 13.9 Å². The zero-order valence-electron chi connectivity index (χ0n) is 11.7. The first-order valence-corrected chi connectivity index (χ1v) is 6.43. The molecule has 1 aromatic carbocycles. The van der Waals surface area contributed by atoms with Crippen molar-refractivity contribution >= 4 is 18.3 Å². The zero-order chi connectivity index (χ0) is 13.9. The standard InChI is InChI=1S/C14H21FN2O2.ClH/c1-19-11-10-16-8-9-17-14(18)7-4-12-2-5-13(15)6-3-12;/h2-3,5-6,16H,4,7-11H2,1H3,(H,17,18);1H. The van der Waals surface area contributed by atoms with Crippen LogP contribution in [-0.4, -0.2) is 39.3 Å². The van der Waals surface area contributed by atoms with Crippen molar-refractivity contribution in [2.24, 2.45) is 0 Å². The van der Waals surface area contributed by atoms with E-state index in [9.17, 15) is 9.18 Å². The average molecular weight is 305 g/mol. The first-order valence-electron chi connectivity index (χ1n) is 6.43. The Morgan fingerprint density at radius 2 is 1.90 bits per heavy atom. The fourth-order valence-corrected chi connectivity index (χ4v) is 1.59. The van der Waals surface area contributed by atoms with Crippen molar-refractivity contribution in [2.45, 2.75) is 12.8 Å². The van der Waals surface area contributed by atoms with Crippen LogP contribution in [0.1, 0.15) is 12.0 Å². The maximum atomic E-state index is 12.7. The number of nitrogens with one attached hydrogen (secondary N) is 2.